The maximum absolute atomic E-state index is 5.30. The normalized spacial score (nSPS) is 11.3. The van der Waals surface area contributed by atoms with Gasteiger partial charge in [-0.25, -0.2) is 4.98 Å². The summed E-state index contributed by atoms with van der Waals surface area (Å²) in [6, 6.07) is 5.81. The maximum atomic E-state index is 5.30. The standard InChI is InChI=1S/C16H22N2O2S/c1-16(2,3)15-18-10-12(21-15)9-17-11-6-7-13(19-4)14(8-11)20-5/h6-8,10,17H,9H2,1-5H3. The molecule has 1 aromatic carbocycles. The molecule has 1 N–H and O–H groups in total. The van der Waals surface area contributed by atoms with Gasteiger partial charge in [0.15, 0.2) is 11.5 Å². The molecule has 2 rings (SSSR count). The highest BCUT2D eigenvalue weighted by Gasteiger charge is 2.17. The van der Waals surface area contributed by atoms with E-state index in [-0.39, 0.29) is 5.41 Å². The predicted octanol–water partition coefficient (Wildman–Crippen LogP) is 4.07. The van der Waals surface area contributed by atoms with Crippen molar-refractivity contribution in [3.05, 3.63) is 34.3 Å². The fourth-order valence-corrected chi connectivity index (χ4v) is 2.78. The largest absolute Gasteiger partial charge is 0.493 e. The van der Waals surface area contributed by atoms with Crippen molar-refractivity contribution in [2.75, 3.05) is 19.5 Å². The van der Waals surface area contributed by atoms with Gasteiger partial charge >= 0.3 is 0 Å². The van der Waals surface area contributed by atoms with Gasteiger partial charge in [0.2, 0.25) is 0 Å². The van der Waals surface area contributed by atoms with Crippen molar-refractivity contribution in [2.24, 2.45) is 0 Å². The van der Waals surface area contributed by atoms with Crippen molar-refractivity contribution in [1.82, 2.24) is 4.98 Å². The van der Waals surface area contributed by atoms with Gasteiger partial charge in [0.25, 0.3) is 0 Å². The van der Waals surface area contributed by atoms with Gasteiger partial charge in [0.05, 0.1) is 25.8 Å². The lowest BCUT2D eigenvalue weighted by atomic mass is 9.98. The molecule has 0 unspecified atom stereocenters. The van der Waals surface area contributed by atoms with E-state index < -0.39 is 0 Å². The van der Waals surface area contributed by atoms with Crippen LogP contribution in [0.5, 0.6) is 11.5 Å². The number of aromatic nitrogens is 1. The van der Waals surface area contributed by atoms with Gasteiger partial charge in [-0.3, -0.25) is 0 Å². The molecule has 1 heterocycles. The molecule has 0 amide bonds. The first-order valence-corrected chi connectivity index (χ1v) is 7.67. The minimum Gasteiger partial charge on any atom is -0.493 e. The molecule has 5 heteroatoms. The number of thiazole rings is 1. The third-order valence-corrected chi connectivity index (χ3v) is 4.47. The van der Waals surface area contributed by atoms with Gasteiger partial charge in [-0.1, -0.05) is 20.8 Å². The summed E-state index contributed by atoms with van der Waals surface area (Å²) in [6.07, 6.45) is 1.94. The highest BCUT2D eigenvalue weighted by atomic mass is 32.1. The van der Waals surface area contributed by atoms with Crippen molar-refractivity contribution < 1.29 is 9.47 Å². The first kappa shape index (κ1) is 15.6. The number of methoxy groups -OCH3 is 2. The van der Waals surface area contributed by atoms with Gasteiger partial charge in [-0.15, -0.1) is 11.3 Å². The minimum atomic E-state index is 0.103. The molecule has 2 aromatic rings. The van der Waals surface area contributed by atoms with E-state index in [1.807, 2.05) is 24.4 Å². The summed E-state index contributed by atoms with van der Waals surface area (Å²) < 4.78 is 10.5. The van der Waals surface area contributed by atoms with Crippen LogP contribution in [0.1, 0.15) is 30.7 Å². The van der Waals surface area contributed by atoms with Gasteiger partial charge < -0.3 is 14.8 Å². The van der Waals surface area contributed by atoms with E-state index in [1.54, 1.807) is 25.6 Å². The van der Waals surface area contributed by atoms with Crippen LogP contribution in [-0.2, 0) is 12.0 Å². The van der Waals surface area contributed by atoms with Gasteiger partial charge in [-0.2, -0.15) is 0 Å². The zero-order valence-electron chi connectivity index (χ0n) is 13.2. The van der Waals surface area contributed by atoms with Crippen LogP contribution in [0.15, 0.2) is 24.4 Å². The monoisotopic (exact) mass is 306 g/mol. The average Bonchev–Trinajstić information content (AvgIpc) is 2.93. The average molecular weight is 306 g/mol. The van der Waals surface area contributed by atoms with E-state index >= 15 is 0 Å². The quantitative estimate of drug-likeness (QED) is 0.904. The van der Waals surface area contributed by atoms with Crippen LogP contribution in [-0.4, -0.2) is 19.2 Å². The Labute approximate surface area is 130 Å². The number of rotatable bonds is 5. The number of hydrogen-bond acceptors (Lipinski definition) is 5. The molecule has 4 nitrogen and oxygen atoms in total. The highest BCUT2D eigenvalue weighted by molar-refractivity contribution is 7.11. The van der Waals surface area contributed by atoms with Crippen LogP contribution in [0, 0.1) is 0 Å². The molecule has 0 atom stereocenters. The number of nitrogens with zero attached hydrogens (tertiary/aromatic N) is 1. The number of benzene rings is 1. The Hall–Kier alpha value is -1.75. The van der Waals surface area contributed by atoms with Crippen molar-refractivity contribution in [3.8, 4) is 11.5 Å². The Bertz CT molecular complexity index is 603. The Morgan fingerprint density at radius 2 is 1.86 bits per heavy atom. The third kappa shape index (κ3) is 3.88. The molecule has 0 saturated carbocycles. The molecule has 0 radical (unpaired) electrons. The molecule has 21 heavy (non-hydrogen) atoms. The second-order valence-electron chi connectivity index (χ2n) is 5.81. The van der Waals surface area contributed by atoms with Gasteiger partial charge in [0.1, 0.15) is 0 Å². The van der Waals surface area contributed by atoms with Crippen molar-refractivity contribution in [1.29, 1.82) is 0 Å². The number of nitrogens with one attached hydrogen (secondary N) is 1. The van der Waals surface area contributed by atoms with Crippen LogP contribution in [0.4, 0.5) is 5.69 Å². The van der Waals surface area contributed by atoms with Crippen LogP contribution >= 0.6 is 11.3 Å². The number of hydrogen-bond donors (Lipinski definition) is 1. The number of anilines is 1. The van der Waals surface area contributed by atoms with E-state index in [1.165, 1.54) is 4.88 Å². The smallest absolute Gasteiger partial charge is 0.162 e. The summed E-state index contributed by atoms with van der Waals surface area (Å²) in [4.78, 5) is 5.71. The third-order valence-electron chi connectivity index (χ3n) is 3.05. The molecular formula is C16H22N2O2S. The van der Waals surface area contributed by atoms with Crippen LogP contribution in [0.3, 0.4) is 0 Å². The van der Waals surface area contributed by atoms with Crippen LogP contribution in [0.25, 0.3) is 0 Å². The van der Waals surface area contributed by atoms with Crippen molar-refractivity contribution in [2.45, 2.75) is 32.7 Å². The second-order valence-corrected chi connectivity index (χ2v) is 6.92. The first-order chi connectivity index (χ1) is 9.94. The SMILES string of the molecule is COc1ccc(NCc2cnc(C(C)(C)C)s2)cc1OC. The topological polar surface area (TPSA) is 43.4 Å². The van der Waals surface area contributed by atoms with E-state index in [9.17, 15) is 0 Å². The lowest BCUT2D eigenvalue weighted by molar-refractivity contribution is 0.355. The summed E-state index contributed by atoms with van der Waals surface area (Å²) in [5, 5.41) is 4.55. The Balaban J connectivity index is 2.04. The molecule has 0 fully saturated rings. The van der Waals surface area contributed by atoms with Gasteiger partial charge in [-0.05, 0) is 12.1 Å². The second kappa shape index (κ2) is 6.35. The zero-order valence-corrected chi connectivity index (χ0v) is 14.0. The van der Waals surface area contributed by atoms with Crippen LogP contribution in [0.2, 0.25) is 0 Å². The van der Waals surface area contributed by atoms with Crippen molar-refractivity contribution in [3.63, 3.8) is 0 Å². The minimum absolute atomic E-state index is 0.103. The summed E-state index contributed by atoms with van der Waals surface area (Å²) >= 11 is 1.75. The molecule has 114 valence electrons. The van der Waals surface area contributed by atoms with E-state index in [0.29, 0.717) is 0 Å². The molecule has 0 aliphatic heterocycles. The van der Waals surface area contributed by atoms with E-state index in [0.717, 1.165) is 28.7 Å². The molecule has 0 saturated heterocycles. The predicted molar refractivity (Wildman–Crippen MR) is 87.7 cm³/mol. The lowest BCUT2D eigenvalue weighted by Gasteiger charge is -2.13. The highest BCUT2D eigenvalue weighted by Crippen LogP contribution is 2.31. The summed E-state index contributed by atoms with van der Waals surface area (Å²) in [6.45, 7) is 7.29. The number of ether oxygens (including phenoxy) is 2. The fourth-order valence-electron chi connectivity index (χ4n) is 1.87. The Morgan fingerprint density at radius 3 is 2.43 bits per heavy atom. The van der Waals surface area contributed by atoms with Crippen molar-refractivity contribution >= 4 is 17.0 Å². The molecule has 0 aliphatic rings. The summed E-state index contributed by atoms with van der Waals surface area (Å²) in [5.41, 5.74) is 1.10. The molecule has 1 aromatic heterocycles. The van der Waals surface area contributed by atoms with Gasteiger partial charge in [0, 0.05) is 28.2 Å². The maximum Gasteiger partial charge on any atom is 0.162 e. The summed E-state index contributed by atoms with van der Waals surface area (Å²) in [7, 11) is 3.27. The molecule has 0 bridgehead atoms. The van der Waals surface area contributed by atoms with Crippen LogP contribution < -0.4 is 14.8 Å². The lowest BCUT2D eigenvalue weighted by Crippen LogP contribution is -2.09. The Kier molecular flexibility index (Phi) is 4.73. The molecular weight excluding hydrogens is 284 g/mol. The Morgan fingerprint density at radius 1 is 1.14 bits per heavy atom. The summed E-state index contributed by atoms with van der Waals surface area (Å²) in [5.74, 6) is 1.46. The zero-order chi connectivity index (χ0) is 15.5. The molecule has 0 spiro atoms. The molecule has 0 aliphatic carbocycles. The van der Waals surface area contributed by atoms with E-state index in [2.05, 4.69) is 31.1 Å². The first-order valence-electron chi connectivity index (χ1n) is 6.85. The fraction of sp³-hybridized carbons (Fsp3) is 0.438. The van der Waals surface area contributed by atoms with E-state index in [4.69, 9.17) is 9.47 Å².